The molecule has 0 spiro atoms. The average Bonchev–Trinajstić information content (AvgIpc) is 3.44. The minimum absolute atomic E-state index is 0.190. The minimum Gasteiger partial charge on any atom is -0.339 e. The monoisotopic (exact) mass is 412 g/mol. The Kier molecular flexibility index (Phi) is 5.03. The molecule has 5 heteroatoms. The van der Waals surface area contributed by atoms with E-state index in [0.717, 1.165) is 61.1 Å². The molecule has 0 saturated carbocycles. The summed E-state index contributed by atoms with van der Waals surface area (Å²) in [6.45, 7) is 7.66. The molecule has 0 atom stereocenters. The van der Waals surface area contributed by atoms with Crippen molar-refractivity contribution in [3.8, 4) is 11.8 Å². The number of hydrogen-bond donors (Lipinski definition) is 1. The number of aromatic amines is 1. The summed E-state index contributed by atoms with van der Waals surface area (Å²) < 4.78 is 0. The fraction of sp³-hybridized carbons (Fsp3) is 0.385. The number of nitrogens with one attached hydrogen (secondary N) is 1. The molecule has 5 nitrogen and oxygen atoms in total. The highest BCUT2D eigenvalue weighted by molar-refractivity contribution is 5.96. The van der Waals surface area contributed by atoms with Crippen molar-refractivity contribution in [1.82, 2.24) is 20.0 Å². The molecule has 1 saturated heterocycles. The van der Waals surface area contributed by atoms with Gasteiger partial charge in [0, 0.05) is 42.7 Å². The maximum Gasteiger partial charge on any atom is 0.254 e. The lowest BCUT2D eigenvalue weighted by Gasteiger charge is -2.30. The van der Waals surface area contributed by atoms with E-state index >= 15 is 0 Å². The van der Waals surface area contributed by atoms with Gasteiger partial charge in [0.25, 0.3) is 5.91 Å². The normalized spacial score (nSPS) is 16.8. The molecule has 3 heterocycles. The highest BCUT2D eigenvalue weighted by Crippen LogP contribution is 2.32. The summed E-state index contributed by atoms with van der Waals surface area (Å²) in [4.78, 5) is 17.6. The second kappa shape index (κ2) is 7.86. The van der Waals surface area contributed by atoms with Crippen LogP contribution in [0.25, 0.3) is 10.9 Å². The predicted molar refractivity (Wildman–Crippen MR) is 122 cm³/mol. The summed E-state index contributed by atoms with van der Waals surface area (Å²) in [6, 6.07) is 12.3. The van der Waals surface area contributed by atoms with Gasteiger partial charge >= 0.3 is 0 Å². The van der Waals surface area contributed by atoms with Crippen molar-refractivity contribution in [2.45, 2.75) is 51.7 Å². The number of carbonyl (C=O) groups excluding carboxylic acids is 1. The molecule has 3 aromatic rings. The van der Waals surface area contributed by atoms with Gasteiger partial charge in [0.1, 0.15) is 0 Å². The Balaban J connectivity index is 1.37. The van der Waals surface area contributed by atoms with Gasteiger partial charge in [-0.15, -0.1) is 0 Å². The van der Waals surface area contributed by atoms with E-state index in [2.05, 4.69) is 52.9 Å². The average molecular weight is 413 g/mol. The van der Waals surface area contributed by atoms with Crippen LogP contribution in [-0.2, 0) is 13.1 Å². The molecule has 0 radical (unpaired) electrons. The third-order valence-corrected chi connectivity index (χ3v) is 6.60. The van der Waals surface area contributed by atoms with Gasteiger partial charge < -0.3 is 4.90 Å². The van der Waals surface area contributed by atoms with Gasteiger partial charge in [-0.3, -0.25) is 14.8 Å². The number of carbonyl (C=O) groups is 1. The van der Waals surface area contributed by atoms with Crippen LogP contribution in [-0.4, -0.2) is 44.5 Å². The van der Waals surface area contributed by atoms with Gasteiger partial charge in [0.15, 0.2) is 0 Å². The number of H-pyrrole nitrogens is 1. The first-order valence-corrected chi connectivity index (χ1v) is 11.1. The zero-order chi connectivity index (χ0) is 21.4. The number of likely N-dealkylation sites (tertiary alicyclic amines) is 1. The van der Waals surface area contributed by atoms with Crippen LogP contribution in [0.2, 0.25) is 0 Å². The van der Waals surface area contributed by atoms with Crippen LogP contribution >= 0.6 is 0 Å². The molecule has 1 amide bonds. The first-order chi connectivity index (χ1) is 15.0. The number of nitrogens with zero attached hydrogens (tertiary/aromatic N) is 3. The van der Waals surface area contributed by atoms with E-state index in [0.29, 0.717) is 0 Å². The number of benzene rings is 2. The van der Waals surface area contributed by atoms with Crippen molar-refractivity contribution in [2.24, 2.45) is 0 Å². The Morgan fingerprint density at radius 1 is 1.10 bits per heavy atom. The first-order valence-electron chi connectivity index (χ1n) is 11.1. The van der Waals surface area contributed by atoms with E-state index in [1.54, 1.807) is 0 Å². The van der Waals surface area contributed by atoms with Crippen molar-refractivity contribution in [3.05, 3.63) is 64.8 Å². The summed E-state index contributed by atoms with van der Waals surface area (Å²) in [5, 5.41) is 8.12. The molecular formula is C26H28N4O. The van der Waals surface area contributed by atoms with Crippen molar-refractivity contribution in [2.75, 3.05) is 13.1 Å². The van der Waals surface area contributed by atoms with Gasteiger partial charge in [-0.25, -0.2) is 0 Å². The molecule has 31 heavy (non-hydrogen) atoms. The summed E-state index contributed by atoms with van der Waals surface area (Å²) in [6.07, 6.45) is 5.27. The summed E-state index contributed by atoms with van der Waals surface area (Å²) in [7, 11) is 0. The Hall–Kier alpha value is -3.10. The van der Waals surface area contributed by atoms with Gasteiger partial charge in [0.05, 0.1) is 17.3 Å². The number of hydrogen-bond acceptors (Lipinski definition) is 3. The Labute approximate surface area is 183 Å². The molecule has 2 aliphatic heterocycles. The lowest BCUT2D eigenvalue weighted by atomic mass is 10.0. The fourth-order valence-corrected chi connectivity index (χ4v) is 4.61. The van der Waals surface area contributed by atoms with Crippen LogP contribution < -0.4 is 0 Å². The fourth-order valence-electron chi connectivity index (χ4n) is 4.61. The number of fused-ring (bicyclic) bond motifs is 2. The SMILES string of the molecule is CC(C)(C#Cc1ccc2[nH]ncc2c1)N1Cc2cccc(C(=O)N3CCCCC3)c2C1. The highest BCUT2D eigenvalue weighted by Gasteiger charge is 2.33. The van der Waals surface area contributed by atoms with Crippen LogP contribution in [0, 0.1) is 11.8 Å². The molecule has 0 aliphatic carbocycles. The van der Waals surface area contributed by atoms with E-state index < -0.39 is 0 Å². The van der Waals surface area contributed by atoms with Gasteiger partial charge in [-0.05, 0) is 68.5 Å². The number of amides is 1. The van der Waals surface area contributed by atoms with E-state index in [1.807, 2.05) is 35.4 Å². The van der Waals surface area contributed by atoms with Gasteiger partial charge in [0.2, 0.25) is 0 Å². The largest absolute Gasteiger partial charge is 0.339 e. The summed E-state index contributed by atoms with van der Waals surface area (Å²) >= 11 is 0. The number of aromatic nitrogens is 2. The third-order valence-electron chi connectivity index (χ3n) is 6.60. The lowest BCUT2D eigenvalue weighted by molar-refractivity contribution is 0.0722. The molecule has 158 valence electrons. The molecule has 0 bridgehead atoms. The van der Waals surface area contributed by atoms with Gasteiger partial charge in [-0.1, -0.05) is 24.0 Å². The van der Waals surface area contributed by atoms with Crippen molar-refractivity contribution >= 4 is 16.8 Å². The Morgan fingerprint density at radius 3 is 2.77 bits per heavy atom. The molecule has 1 aromatic heterocycles. The minimum atomic E-state index is -0.310. The molecule has 5 rings (SSSR count). The summed E-state index contributed by atoms with van der Waals surface area (Å²) in [5.41, 5.74) is 4.99. The third kappa shape index (κ3) is 3.84. The topological polar surface area (TPSA) is 52.2 Å². The van der Waals surface area contributed by atoms with Crippen LogP contribution in [0.5, 0.6) is 0 Å². The Morgan fingerprint density at radius 2 is 1.94 bits per heavy atom. The smallest absolute Gasteiger partial charge is 0.254 e. The van der Waals surface area contributed by atoms with Crippen LogP contribution in [0.15, 0.2) is 42.6 Å². The zero-order valence-electron chi connectivity index (χ0n) is 18.2. The van der Waals surface area contributed by atoms with Crippen LogP contribution in [0.3, 0.4) is 0 Å². The Bertz CT molecular complexity index is 1190. The predicted octanol–water partition coefficient (Wildman–Crippen LogP) is 4.33. The zero-order valence-corrected chi connectivity index (χ0v) is 18.2. The number of rotatable bonds is 2. The van der Waals surface area contributed by atoms with Crippen LogP contribution in [0.4, 0.5) is 0 Å². The molecule has 1 N–H and O–H groups in total. The number of piperidine rings is 1. The molecule has 2 aromatic carbocycles. The van der Waals surface area contributed by atoms with E-state index in [1.165, 1.54) is 17.5 Å². The second-order valence-corrected chi connectivity index (χ2v) is 9.13. The highest BCUT2D eigenvalue weighted by atomic mass is 16.2. The van der Waals surface area contributed by atoms with Gasteiger partial charge in [-0.2, -0.15) is 5.10 Å². The maximum atomic E-state index is 13.2. The maximum absolute atomic E-state index is 13.2. The van der Waals surface area contributed by atoms with E-state index in [9.17, 15) is 4.79 Å². The molecule has 1 fully saturated rings. The van der Waals surface area contributed by atoms with E-state index in [4.69, 9.17) is 0 Å². The molecule has 0 unspecified atom stereocenters. The lowest BCUT2D eigenvalue weighted by Crippen LogP contribution is -2.39. The van der Waals surface area contributed by atoms with Crippen LogP contribution in [0.1, 0.15) is 60.2 Å². The second-order valence-electron chi connectivity index (χ2n) is 9.13. The molecular weight excluding hydrogens is 384 g/mol. The van der Waals surface area contributed by atoms with Crippen molar-refractivity contribution in [1.29, 1.82) is 0 Å². The van der Waals surface area contributed by atoms with Crippen molar-refractivity contribution < 1.29 is 4.79 Å². The van der Waals surface area contributed by atoms with E-state index in [-0.39, 0.29) is 11.4 Å². The summed E-state index contributed by atoms with van der Waals surface area (Å²) in [5.74, 6) is 7.01. The van der Waals surface area contributed by atoms with Crippen molar-refractivity contribution in [3.63, 3.8) is 0 Å². The standard InChI is InChI=1S/C26H28N4O/c1-26(2,12-11-19-9-10-24-21(15-19)16-27-28-24)30-17-20-7-6-8-22(23(20)18-30)25(31)29-13-4-3-5-14-29/h6-10,15-16H,3-5,13-14,17-18H2,1-2H3,(H,27,28). The molecule has 2 aliphatic rings. The first kappa shape index (κ1) is 19.8. The quantitative estimate of drug-likeness (QED) is 0.637.